The zero-order chi connectivity index (χ0) is 27.0. The van der Waals surface area contributed by atoms with Crippen LogP contribution in [0.5, 0.6) is 11.5 Å². The second kappa shape index (κ2) is 10.2. The molecule has 2 N–H and O–H groups in total. The van der Waals surface area contributed by atoms with E-state index < -0.39 is 5.97 Å². The monoisotopic (exact) mass is 528 g/mol. The van der Waals surface area contributed by atoms with Gasteiger partial charge in [0, 0.05) is 29.3 Å². The number of carboxylic acids is 1. The number of aromatic nitrogens is 2. The fourth-order valence-corrected chi connectivity index (χ4v) is 5.49. The largest absolute Gasteiger partial charge is 0.497 e. The first-order valence-electron chi connectivity index (χ1n) is 12.1. The van der Waals surface area contributed by atoms with Gasteiger partial charge >= 0.3 is 5.97 Å². The van der Waals surface area contributed by atoms with Crippen LogP contribution in [-0.2, 0) is 0 Å². The smallest absolute Gasteiger partial charge is 0.335 e. The predicted octanol–water partition coefficient (Wildman–Crippen LogP) is 5.38. The summed E-state index contributed by atoms with van der Waals surface area (Å²) in [6.45, 7) is 4.10. The summed E-state index contributed by atoms with van der Waals surface area (Å²) in [5.41, 5.74) is 5.84. The normalized spacial score (nSPS) is 16.8. The average Bonchev–Trinajstić information content (AvgIpc) is 3.43. The number of pyridine rings is 1. The number of nitrogens with one attached hydrogen (secondary N) is 1. The van der Waals surface area contributed by atoms with Gasteiger partial charge in [-0.1, -0.05) is 6.07 Å². The van der Waals surface area contributed by atoms with Crippen molar-refractivity contribution in [2.24, 2.45) is 0 Å². The van der Waals surface area contributed by atoms with E-state index in [1.807, 2.05) is 55.5 Å². The van der Waals surface area contributed by atoms with E-state index in [1.54, 1.807) is 32.5 Å². The molecule has 8 nitrogen and oxygen atoms in total. The lowest BCUT2D eigenvalue weighted by atomic mass is 9.96. The Kier molecular flexibility index (Phi) is 6.77. The number of benzene rings is 2. The summed E-state index contributed by atoms with van der Waals surface area (Å²) in [4.78, 5) is 18.1. The molecule has 0 amide bonds. The van der Waals surface area contributed by atoms with Crippen molar-refractivity contribution < 1.29 is 19.4 Å². The van der Waals surface area contributed by atoms with Gasteiger partial charge in [0.25, 0.3) is 0 Å². The highest BCUT2D eigenvalue weighted by Gasteiger charge is 2.43. The van der Waals surface area contributed by atoms with Gasteiger partial charge in [0.05, 0.1) is 43.2 Å². The minimum Gasteiger partial charge on any atom is -0.497 e. The molecule has 1 saturated heterocycles. The molecule has 1 aliphatic rings. The van der Waals surface area contributed by atoms with E-state index in [2.05, 4.69) is 32.8 Å². The number of methoxy groups -OCH3 is 2. The van der Waals surface area contributed by atoms with Crippen LogP contribution >= 0.6 is 12.2 Å². The molecular formula is C29H28N4O4S. The molecular weight excluding hydrogens is 500 g/mol. The number of aryl methyl sites for hydroxylation is 1. The number of nitrogens with zero attached hydrogens (tertiary/aromatic N) is 3. The Balaban J connectivity index is 1.69. The highest BCUT2D eigenvalue weighted by molar-refractivity contribution is 7.80. The lowest BCUT2D eigenvalue weighted by Crippen LogP contribution is -2.30. The second-order valence-corrected chi connectivity index (χ2v) is 9.43. The minimum atomic E-state index is -0.954. The molecule has 2 aromatic carbocycles. The summed E-state index contributed by atoms with van der Waals surface area (Å²) in [7, 11) is 3.26. The van der Waals surface area contributed by atoms with Crippen LogP contribution in [0.1, 0.15) is 45.1 Å². The third-order valence-electron chi connectivity index (χ3n) is 6.91. The third kappa shape index (κ3) is 4.35. The molecule has 0 saturated carbocycles. The number of carboxylic acid groups (broad SMARTS) is 1. The number of hydrogen-bond donors (Lipinski definition) is 2. The van der Waals surface area contributed by atoms with Gasteiger partial charge in [-0.25, -0.2) is 4.79 Å². The fourth-order valence-electron chi connectivity index (χ4n) is 5.15. The summed E-state index contributed by atoms with van der Waals surface area (Å²) < 4.78 is 13.4. The summed E-state index contributed by atoms with van der Waals surface area (Å²) >= 11 is 5.91. The topological polar surface area (TPSA) is 88.9 Å². The van der Waals surface area contributed by atoms with Crippen molar-refractivity contribution in [3.63, 3.8) is 0 Å². The predicted molar refractivity (Wildman–Crippen MR) is 150 cm³/mol. The Bertz CT molecular complexity index is 1500. The molecule has 0 spiro atoms. The van der Waals surface area contributed by atoms with E-state index in [9.17, 15) is 9.90 Å². The van der Waals surface area contributed by atoms with E-state index in [0.717, 1.165) is 34.0 Å². The van der Waals surface area contributed by atoms with Crippen molar-refractivity contribution in [2.75, 3.05) is 19.1 Å². The van der Waals surface area contributed by atoms with Gasteiger partial charge in [0.15, 0.2) is 5.11 Å². The molecule has 1 aliphatic heterocycles. The molecule has 0 bridgehead atoms. The van der Waals surface area contributed by atoms with Gasteiger partial charge in [0.1, 0.15) is 11.5 Å². The van der Waals surface area contributed by atoms with E-state index >= 15 is 0 Å². The first-order valence-corrected chi connectivity index (χ1v) is 12.5. The first-order chi connectivity index (χ1) is 18.3. The molecule has 1 fully saturated rings. The minimum absolute atomic E-state index is 0.233. The van der Waals surface area contributed by atoms with Crippen molar-refractivity contribution in [3.05, 3.63) is 101 Å². The molecule has 2 atom stereocenters. The van der Waals surface area contributed by atoms with Crippen LogP contribution in [0.4, 0.5) is 5.69 Å². The maximum absolute atomic E-state index is 11.4. The van der Waals surface area contributed by atoms with Crippen molar-refractivity contribution in [1.29, 1.82) is 0 Å². The van der Waals surface area contributed by atoms with Gasteiger partial charge in [0.2, 0.25) is 0 Å². The Morgan fingerprint density at radius 1 is 1.03 bits per heavy atom. The van der Waals surface area contributed by atoms with Crippen LogP contribution in [0.2, 0.25) is 0 Å². The number of aromatic carboxylic acids is 1. The van der Waals surface area contributed by atoms with Gasteiger partial charge in [-0.15, -0.1) is 0 Å². The Hall–Kier alpha value is -4.37. The van der Waals surface area contributed by atoms with E-state index in [-0.39, 0.29) is 17.6 Å². The number of hydrogen-bond acceptors (Lipinski definition) is 5. The molecule has 2 aromatic heterocycles. The van der Waals surface area contributed by atoms with E-state index in [1.165, 1.54) is 0 Å². The van der Waals surface area contributed by atoms with Crippen molar-refractivity contribution in [1.82, 2.24) is 14.9 Å². The first kappa shape index (κ1) is 25.3. The number of thiocarbonyl (C=S) groups is 1. The fraction of sp³-hybridized carbons (Fsp3) is 0.207. The average molecular weight is 529 g/mol. The molecule has 0 aliphatic carbocycles. The molecule has 194 valence electrons. The lowest BCUT2D eigenvalue weighted by molar-refractivity contribution is 0.0697. The lowest BCUT2D eigenvalue weighted by Gasteiger charge is -2.29. The Labute approximate surface area is 226 Å². The number of ether oxygens (including phenoxy) is 2. The molecule has 38 heavy (non-hydrogen) atoms. The summed E-state index contributed by atoms with van der Waals surface area (Å²) in [5.74, 6) is 0.400. The number of anilines is 1. The van der Waals surface area contributed by atoms with Crippen molar-refractivity contribution >= 4 is 29.0 Å². The summed E-state index contributed by atoms with van der Waals surface area (Å²) in [6.07, 6.45) is 1.78. The highest BCUT2D eigenvalue weighted by atomic mass is 32.1. The van der Waals surface area contributed by atoms with Crippen molar-refractivity contribution in [3.8, 4) is 17.2 Å². The zero-order valence-corrected chi connectivity index (χ0v) is 22.3. The SMILES string of the molecule is COc1ccc(OC)c(N2C(=S)N[C@H](c3ccccn3)[C@@H]2c2cc(C)n(-c3ccc(C(=O)O)cc3)c2C)c1. The zero-order valence-electron chi connectivity index (χ0n) is 21.5. The molecule has 9 heteroatoms. The van der Waals surface area contributed by atoms with Crippen LogP contribution in [0.15, 0.2) is 72.9 Å². The maximum atomic E-state index is 11.4. The molecule has 5 rings (SSSR count). The molecule has 0 unspecified atom stereocenters. The standard InChI is InChI=1S/C29H28N4O4S/c1-17-15-22(18(2)32(17)20-10-8-19(9-11-20)28(34)35)27-26(23-7-5-6-14-30-23)31-29(38)33(27)24-16-21(36-3)12-13-25(24)37-4/h5-16,26-27H,1-4H3,(H,31,38)(H,34,35)/t26-,27+/m1/s1. The van der Waals surface area contributed by atoms with Crippen molar-refractivity contribution in [2.45, 2.75) is 25.9 Å². The summed E-state index contributed by atoms with van der Waals surface area (Å²) in [6, 6.07) is 20.0. The van der Waals surface area contributed by atoms with Crippen LogP contribution in [0.25, 0.3) is 5.69 Å². The van der Waals surface area contributed by atoms with Crippen LogP contribution in [0, 0.1) is 13.8 Å². The highest BCUT2D eigenvalue weighted by Crippen LogP contribution is 2.47. The van der Waals surface area contributed by atoms with Gasteiger partial charge in [-0.05, 0) is 86.2 Å². The van der Waals surface area contributed by atoms with E-state index in [4.69, 9.17) is 21.7 Å². The summed E-state index contributed by atoms with van der Waals surface area (Å²) in [5, 5.41) is 13.4. The molecule has 3 heterocycles. The second-order valence-electron chi connectivity index (χ2n) is 9.05. The van der Waals surface area contributed by atoms with Crippen LogP contribution in [0.3, 0.4) is 0 Å². The number of rotatable bonds is 7. The Morgan fingerprint density at radius 2 is 1.79 bits per heavy atom. The number of carbonyl (C=O) groups is 1. The van der Waals surface area contributed by atoms with Gasteiger partial charge in [-0.3, -0.25) is 4.98 Å². The molecule has 4 aromatic rings. The third-order valence-corrected chi connectivity index (χ3v) is 7.22. The van der Waals surface area contributed by atoms with E-state index in [0.29, 0.717) is 16.6 Å². The van der Waals surface area contributed by atoms with Gasteiger partial charge in [-0.2, -0.15) is 0 Å². The maximum Gasteiger partial charge on any atom is 0.335 e. The Morgan fingerprint density at radius 3 is 2.42 bits per heavy atom. The van der Waals surface area contributed by atoms with Crippen LogP contribution in [-0.4, -0.2) is 40.0 Å². The van der Waals surface area contributed by atoms with Gasteiger partial charge < -0.3 is 29.4 Å². The molecule has 0 radical (unpaired) electrons. The van der Waals surface area contributed by atoms with Crippen LogP contribution < -0.4 is 19.7 Å². The quantitative estimate of drug-likeness (QED) is 0.309.